The predicted molar refractivity (Wildman–Crippen MR) is 67.2 cm³/mol. The number of carboxylic acid groups (broad SMARTS) is 1. The summed E-state index contributed by atoms with van der Waals surface area (Å²) >= 11 is 0. The molecule has 0 bridgehead atoms. The van der Waals surface area contributed by atoms with Crippen LogP contribution in [0.4, 0.5) is 4.79 Å². The highest BCUT2D eigenvalue weighted by molar-refractivity contribution is 5.75. The molecule has 2 atom stereocenters. The van der Waals surface area contributed by atoms with Crippen LogP contribution in [-0.2, 0) is 4.79 Å². The number of nitrogens with one attached hydrogen (secondary N) is 2. The Hall–Kier alpha value is -1.26. The molecule has 5 heteroatoms. The smallest absolute Gasteiger partial charge is 0.315 e. The molecule has 102 valence electrons. The molecule has 0 heterocycles. The predicted octanol–water partition coefficient (Wildman–Crippen LogP) is 1.73. The Morgan fingerprint density at radius 1 is 1.06 bits per heavy atom. The zero-order valence-corrected chi connectivity index (χ0v) is 10.8. The maximum absolute atomic E-state index is 11.7. The molecule has 0 radical (unpaired) electrons. The molecule has 2 aliphatic carbocycles. The number of hydrogen-bond acceptors (Lipinski definition) is 2. The third-order valence-corrected chi connectivity index (χ3v) is 4.07. The van der Waals surface area contributed by atoms with Crippen LogP contribution >= 0.6 is 0 Å². The lowest BCUT2D eigenvalue weighted by Crippen LogP contribution is -2.51. The van der Waals surface area contributed by atoms with Gasteiger partial charge in [-0.05, 0) is 38.0 Å². The highest BCUT2D eigenvalue weighted by Crippen LogP contribution is 2.27. The van der Waals surface area contributed by atoms with Crippen molar-refractivity contribution in [3.8, 4) is 0 Å². The fourth-order valence-corrected chi connectivity index (χ4v) is 2.98. The van der Waals surface area contributed by atoms with Gasteiger partial charge in [0.05, 0.1) is 5.92 Å². The third-order valence-electron chi connectivity index (χ3n) is 4.07. The summed E-state index contributed by atoms with van der Waals surface area (Å²) in [5.74, 6) is -0.330. The van der Waals surface area contributed by atoms with Crippen LogP contribution in [-0.4, -0.2) is 29.2 Å². The summed E-state index contributed by atoms with van der Waals surface area (Å²) in [6.07, 6.45) is 5.16. The Bertz CT molecular complexity index is 326. The Kier molecular flexibility index (Phi) is 4.09. The topological polar surface area (TPSA) is 78.4 Å². The average Bonchev–Trinajstić information content (AvgIpc) is 2.27. The van der Waals surface area contributed by atoms with E-state index in [1.807, 2.05) is 0 Å². The van der Waals surface area contributed by atoms with Crippen molar-refractivity contribution in [3.63, 3.8) is 0 Å². The van der Waals surface area contributed by atoms with Crippen molar-refractivity contribution in [3.05, 3.63) is 0 Å². The van der Waals surface area contributed by atoms with Crippen LogP contribution < -0.4 is 10.6 Å². The molecule has 2 rings (SSSR count). The average molecular weight is 254 g/mol. The molecule has 3 N–H and O–H groups in total. The van der Waals surface area contributed by atoms with Gasteiger partial charge in [-0.15, -0.1) is 0 Å². The molecule has 0 saturated heterocycles. The molecular weight excluding hydrogens is 232 g/mol. The van der Waals surface area contributed by atoms with E-state index in [1.54, 1.807) is 0 Å². The second kappa shape index (κ2) is 5.59. The van der Waals surface area contributed by atoms with E-state index in [-0.39, 0.29) is 18.0 Å². The van der Waals surface area contributed by atoms with Gasteiger partial charge in [0, 0.05) is 12.1 Å². The molecule has 18 heavy (non-hydrogen) atoms. The van der Waals surface area contributed by atoms with Crippen LogP contribution in [0.1, 0.15) is 45.4 Å². The van der Waals surface area contributed by atoms with Crippen LogP contribution in [0.25, 0.3) is 0 Å². The molecule has 0 spiro atoms. The fourth-order valence-electron chi connectivity index (χ4n) is 2.98. The van der Waals surface area contributed by atoms with E-state index in [4.69, 9.17) is 5.11 Å². The maximum atomic E-state index is 11.7. The minimum atomic E-state index is -0.741. The van der Waals surface area contributed by atoms with Gasteiger partial charge in [0.15, 0.2) is 0 Å². The van der Waals surface area contributed by atoms with Crippen molar-refractivity contribution >= 4 is 12.0 Å². The Balaban J connectivity index is 1.71. The molecular formula is C13H22N2O3. The Labute approximate surface area is 107 Å². The fraction of sp³-hybridized carbons (Fsp3) is 0.846. The number of carbonyl (C=O) groups is 2. The van der Waals surface area contributed by atoms with Gasteiger partial charge in [-0.3, -0.25) is 4.79 Å². The van der Waals surface area contributed by atoms with E-state index in [0.29, 0.717) is 18.4 Å². The van der Waals surface area contributed by atoms with E-state index in [9.17, 15) is 9.59 Å². The Morgan fingerprint density at radius 3 is 2.33 bits per heavy atom. The van der Waals surface area contributed by atoms with Gasteiger partial charge in [0.25, 0.3) is 0 Å². The number of carboxylic acids is 1. The first kappa shape index (κ1) is 13.2. The Morgan fingerprint density at radius 2 is 1.72 bits per heavy atom. The van der Waals surface area contributed by atoms with Crippen LogP contribution in [0.5, 0.6) is 0 Å². The summed E-state index contributed by atoms with van der Waals surface area (Å²) in [5.41, 5.74) is 0. The van der Waals surface area contributed by atoms with Crippen LogP contribution in [0.3, 0.4) is 0 Å². The van der Waals surface area contributed by atoms with Gasteiger partial charge in [-0.1, -0.05) is 13.3 Å². The zero-order valence-electron chi connectivity index (χ0n) is 10.8. The zero-order chi connectivity index (χ0) is 13.1. The van der Waals surface area contributed by atoms with E-state index in [2.05, 4.69) is 17.6 Å². The quantitative estimate of drug-likeness (QED) is 0.717. The largest absolute Gasteiger partial charge is 0.481 e. The summed E-state index contributed by atoms with van der Waals surface area (Å²) in [5, 5.41) is 14.8. The third kappa shape index (κ3) is 3.37. The van der Waals surface area contributed by atoms with Gasteiger partial charge < -0.3 is 15.7 Å². The summed E-state index contributed by atoms with van der Waals surface area (Å²) < 4.78 is 0. The summed E-state index contributed by atoms with van der Waals surface area (Å²) in [6.45, 7) is 2.18. The van der Waals surface area contributed by atoms with Crippen LogP contribution in [0.15, 0.2) is 0 Å². The lowest BCUT2D eigenvalue weighted by molar-refractivity contribution is -0.143. The molecule has 0 aromatic carbocycles. The molecule has 2 fully saturated rings. The van der Waals surface area contributed by atoms with Crippen molar-refractivity contribution in [2.45, 2.75) is 57.5 Å². The highest BCUT2D eigenvalue weighted by Gasteiger charge is 2.30. The number of amides is 2. The minimum absolute atomic E-state index is 0.0114. The minimum Gasteiger partial charge on any atom is -0.481 e. The van der Waals surface area contributed by atoms with Crippen molar-refractivity contribution in [1.82, 2.24) is 10.6 Å². The van der Waals surface area contributed by atoms with E-state index in [1.165, 1.54) is 0 Å². The number of hydrogen-bond donors (Lipinski definition) is 3. The summed E-state index contributed by atoms with van der Waals surface area (Å²) in [7, 11) is 0. The SMILES string of the molecule is CC1CC(NC(=O)NC2CCCC(C(=O)O)C2)C1. The number of urea groups is 1. The van der Waals surface area contributed by atoms with Gasteiger partial charge in [-0.2, -0.15) is 0 Å². The van der Waals surface area contributed by atoms with Gasteiger partial charge in [0.2, 0.25) is 0 Å². The maximum Gasteiger partial charge on any atom is 0.315 e. The number of rotatable bonds is 3. The van der Waals surface area contributed by atoms with E-state index < -0.39 is 5.97 Å². The first-order valence-electron chi connectivity index (χ1n) is 6.84. The molecule has 0 aromatic heterocycles. The van der Waals surface area contributed by atoms with Crippen molar-refractivity contribution in [2.24, 2.45) is 11.8 Å². The normalized spacial score (nSPS) is 35.4. The number of carbonyl (C=O) groups excluding carboxylic acids is 1. The van der Waals surface area contributed by atoms with Crippen molar-refractivity contribution < 1.29 is 14.7 Å². The van der Waals surface area contributed by atoms with Crippen molar-refractivity contribution in [1.29, 1.82) is 0 Å². The van der Waals surface area contributed by atoms with Crippen LogP contribution in [0, 0.1) is 11.8 Å². The van der Waals surface area contributed by atoms with Crippen LogP contribution in [0.2, 0.25) is 0 Å². The molecule has 2 unspecified atom stereocenters. The lowest BCUT2D eigenvalue weighted by Gasteiger charge is -2.34. The van der Waals surface area contributed by atoms with Gasteiger partial charge in [-0.25, -0.2) is 4.79 Å². The highest BCUT2D eigenvalue weighted by atomic mass is 16.4. The molecule has 2 saturated carbocycles. The first-order valence-corrected chi connectivity index (χ1v) is 6.84. The van der Waals surface area contributed by atoms with Gasteiger partial charge >= 0.3 is 12.0 Å². The van der Waals surface area contributed by atoms with Gasteiger partial charge in [0.1, 0.15) is 0 Å². The second-order valence-electron chi connectivity index (χ2n) is 5.79. The molecule has 0 aromatic rings. The molecule has 2 aliphatic rings. The standard InChI is InChI=1S/C13H22N2O3/c1-8-5-11(6-8)15-13(18)14-10-4-2-3-9(7-10)12(16)17/h8-11H,2-7H2,1H3,(H,16,17)(H2,14,15,18). The molecule has 0 aliphatic heterocycles. The monoisotopic (exact) mass is 254 g/mol. The van der Waals surface area contributed by atoms with Crippen molar-refractivity contribution in [2.75, 3.05) is 0 Å². The lowest BCUT2D eigenvalue weighted by atomic mass is 9.82. The number of aliphatic carboxylic acids is 1. The summed E-state index contributed by atoms with van der Waals surface area (Å²) in [4.78, 5) is 22.7. The summed E-state index contributed by atoms with van der Waals surface area (Å²) in [6, 6.07) is 0.180. The van der Waals surface area contributed by atoms with E-state index in [0.717, 1.165) is 32.1 Å². The first-order chi connectivity index (χ1) is 8.54. The second-order valence-corrected chi connectivity index (χ2v) is 5.79. The molecule has 5 nitrogen and oxygen atoms in total. The van der Waals surface area contributed by atoms with E-state index >= 15 is 0 Å². The molecule has 2 amide bonds.